The fourth-order valence-corrected chi connectivity index (χ4v) is 2.25. The zero-order chi connectivity index (χ0) is 16.5. The molecule has 0 aliphatic heterocycles. The molecule has 0 saturated carbocycles. The van der Waals surface area contributed by atoms with Crippen LogP contribution in [0.5, 0.6) is 0 Å². The summed E-state index contributed by atoms with van der Waals surface area (Å²) in [5, 5.41) is 3.51. The average Bonchev–Trinajstić information content (AvgIpc) is 2.51. The molecule has 1 rings (SSSR count). The van der Waals surface area contributed by atoms with Crippen LogP contribution in [-0.4, -0.2) is 29.3 Å². The van der Waals surface area contributed by atoms with Crippen molar-refractivity contribution < 1.29 is 9.59 Å². The maximum absolute atomic E-state index is 12.4. The highest BCUT2D eigenvalue weighted by Gasteiger charge is 2.25. The number of benzene rings is 1. The number of amides is 2. The number of rotatable bonds is 8. The monoisotopic (exact) mass is 324 g/mol. The summed E-state index contributed by atoms with van der Waals surface area (Å²) in [4.78, 5) is 26.2. The Morgan fingerprint density at radius 2 is 1.82 bits per heavy atom. The maximum atomic E-state index is 12.4. The van der Waals surface area contributed by atoms with Crippen LogP contribution in [-0.2, 0) is 16.1 Å². The Labute approximate surface area is 137 Å². The van der Waals surface area contributed by atoms with Gasteiger partial charge in [-0.25, -0.2) is 0 Å². The normalized spacial score (nSPS) is 11.8. The number of carbonyl (C=O) groups is 2. The first-order valence-corrected chi connectivity index (χ1v) is 8.19. The topological polar surface area (TPSA) is 49.4 Å². The van der Waals surface area contributed by atoms with Gasteiger partial charge in [0, 0.05) is 24.5 Å². The van der Waals surface area contributed by atoms with Crippen LogP contribution in [0.2, 0.25) is 5.02 Å². The molecule has 0 fully saturated rings. The summed E-state index contributed by atoms with van der Waals surface area (Å²) in [6, 6.07) is 6.86. The minimum Gasteiger partial charge on any atom is -0.354 e. The first-order chi connectivity index (χ1) is 10.5. The lowest BCUT2D eigenvalue weighted by Gasteiger charge is -2.28. The van der Waals surface area contributed by atoms with Gasteiger partial charge >= 0.3 is 0 Å². The zero-order valence-electron chi connectivity index (χ0n) is 13.6. The molecule has 0 heterocycles. The van der Waals surface area contributed by atoms with Gasteiger partial charge in [-0.15, -0.1) is 0 Å². The number of halogens is 1. The van der Waals surface area contributed by atoms with Crippen molar-refractivity contribution in [2.24, 2.45) is 0 Å². The van der Waals surface area contributed by atoms with E-state index in [1.54, 1.807) is 24.0 Å². The number of hydrogen-bond donors (Lipinski definition) is 1. The number of hydrogen-bond acceptors (Lipinski definition) is 2. The van der Waals surface area contributed by atoms with E-state index in [4.69, 9.17) is 11.6 Å². The molecule has 0 aliphatic carbocycles. The molecule has 0 saturated heterocycles. The highest BCUT2D eigenvalue weighted by atomic mass is 35.5. The van der Waals surface area contributed by atoms with E-state index in [1.807, 2.05) is 26.0 Å². The van der Waals surface area contributed by atoms with Crippen molar-refractivity contribution in [2.45, 2.75) is 52.6 Å². The van der Waals surface area contributed by atoms with Crippen molar-refractivity contribution in [1.82, 2.24) is 10.2 Å². The molecule has 122 valence electrons. The van der Waals surface area contributed by atoms with E-state index in [2.05, 4.69) is 5.32 Å². The number of nitrogens with one attached hydrogen (secondary N) is 1. The fraction of sp³-hybridized carbons (Fsp3) is 0.529. The van der Waals surface area contributed by atoms with Crippen LogP contribution in [0, 0.1) is 0 Å². The molecule has 0 aliphatic rings. The lowest BCUT2D eigenvalue weighted by atomic mass is 10.1. The van der Waals surface area contributed by atoms with E-state index < -0.39 is 6.04 Å². The number of nitrogens with zero attached hydrogens (tertiary/aromatic N) is 1. The molecule has 22 heavy (non-hydrogen) atoms. The smallest absolute Gasteiger partial charge is 0.242 e. The van der Waals surface area contributed by atoms with Crippen molar-refractivity contribution >= 4 is 23.4 Å². The van der Waals surface area contributed by atoms with Gasteiger partial charge in [0.25, 0.3) is 0 Å². The molecule has 1 aromatic rings. The fourth-order valence-electron chi connectivity index (χ4n) is 2.12. The molecule has 0 spiro atoms. The molecule has 2 amide bonds. The highest BCUT2D eigenvalue weighted by molar-refractivity contribution is 6.30. The Morgan fingerprint density at radius 1 is 1.18 bits per heavy atom. The SMILES string of the molecule is CCCNC(=O)C(C)N(Cc1ccc(Cl)cc1)C(=O)CCC. The van der Waals surface area contributed by atoms with Crippen LogP contribution in [0.15, 0.2) is 24.3 Å². The predicted molar refractivity (Wildman–Crippen MR) is 89.7 cm³/mol. The van der Waals surface area contributed by atoms with E-state index in [9.17, 15) is 9.59 Å². The lowest BCUT2D eigenvalue weighted by Crippen LogP contribution is -2.47. The van der Waals surface area contributed by atoms with E-state index in [0.717, 1.165) is 18.4 Å². The molecule has 1 aromatic carbocycles. The van der Waals surface area contributed by atoms with Gasteiger partial charge in [-0.2, -0.15) is 0 Å². The van der Waals surface area contributed by atoms with Gasteiger partial charge in [-0.05, 0) is 37.5 Å². The first-order valence-electron chi connectivity index (χ1n) is 7.81. The molecule has 1 N–H and O–H groups in total. The first kappa shape index (κ1) is 18.5. The van der Waals surface area contributed by atoms with Gasteiger partial charge in [0.2, 0.25) is 11.8 Å². The van der Waals surface area contributed by atoms with Gasteiger partial charge in [0.1, 0.15) is 6.04 Å². The van der Waals surface area contributed by atoms with Crippen molar-refractivity contribution in [3.8, 4) is 0 Å². The molecular formula is C17H25ClN2O2. The molecule has 5 heteroatoms. The largest absolute Gasteiger partial charge is 0.354 e. The summed E-state index contributed by atoms with van der Waals surface area (Å²) in [6.45, 7) is 6.77. The van der Waals surface area contributed by atoms with Gasteiger partial charge in [-0.3, -0.25) is 9.59 Å². The van der Waals surface area contributed by atoms with Gasteiger partial charge in [0.15, 0.2) is 0 Å². The Balaban J connectivity index is 2.85. The van der Waals surface area contributed by atoms with Crippen LogP contribution in [0.4, 0.5) is 0 Å². The zero-order valence-corrected chi connectivity index (χ0v) is 14.3. The average molecular weight is 325 g/mol. The third-order valence-corrected chi connectivity index (χ3v) is 3.70. The molecule has 0 radical (unpaired) electrons. The predicted octanol–water partition coefficient (Wildman–Crippen LogP) is 3.38. The molecular weight excluding hydrogens is 300 g/mol. The van der Waals surface area contributed by atoms with E-state index in [1.165, 1.54) is 0 Å². The second-order valence-electron chi connectivity index (χ2n) is 5.37. The van der Waals surface area contributed by atoms with Crippen molar-refractivity contribution in [1.29, 1.82) is 0 Å². The second kappa shape index (κ2) is 9.46. The second-order valence-corrected chi connectivity index (χ2v) is 5.80. The summed E-state index contributed by atoms with van der Waals surface area (Å²) in [5.74, 6) is -0.114. The summed E-state index contributed by atoms with van der Waals surface area (Å²) in [6.07, 6.45) is 2.08. The van der Waals surface area contributed by atoms with Crippen LogP contribution in [0.1, 0.15) is 45.6 Å². The number of carbonyl (C=O) groups excluding carboxylic acids is 2. The third kappa shape index (κ3) is 5.68. The maximum Gasteiger partial charge on any atom is 0.242 e. The summed E-state index contributed by atoms with van der Waals surface area (Å²) in [7, 11) is 0. The van der Waals surface area contributed by atoms with Crippen LogP contribution >= 0.6 is 11.6 Å². The molecule has 1 atom stereocenters. The van der Waals surface area contributed by atoms with Crippen molar-refractivity contribution in [3.63, 3.8) is 0 Å². The molecule has 0 aromatic heterocycles. The summed E-state index contributed by atoms with van der Waals surface area (Å²) < 4.78 is 0. The van der Waals surface area contributed by atoms with Gasteiger partial charge in [0.05, 0.1) is 0 Å². The van der Waals surface area contributed by atoms with Crippen molar-refractivity contribution in [3.05, 3.63) is 34.9 Å². The van der Waals surface area contributed by atoms with E-state index in [-0.39, 0.29) is 11.8 Å². The standard InChI is InChI=1S/C17H25ClN2O2/c1-4-6-16(21)20(13(3)17(22)19-11-5-2)12-14-7-9-15(18)10-8-14/h7-10,13H,4-6,11-12H2,1-3H3,(H,19,22). The molecule has 1 unspecified atom stereocenters. The Kier molecular flexibility index (Phi) is 7.96. The minimum absolute atomic E-state index is 0.00315. The van der Waals surface area contributed by atoms with Crippen molar-refractivity contribution in [2.75, 3.05) is 6.54 Å². The van der Waals surface area contributed by atoms with Crippen LogP contribution in [0.3, 0.4) is 0 Å². The van der Waals surface area contributed by atoms with E-state index >= 15 is 0 Å². The summed E-state index contributed by atoms with van der Waals surface area (Å²) >= 11 is 5.89. The highest BCUT2D eigenvalue weighted by Crippen LogP contribution is 2.14. The summed E-state index contributed by atoms with van der Waals surface area (Å²) in [5.41, 5.74) is 0.962. The van der Waals surface area contributed by atoms with E-state index in [0.29, 0.717) is 24.5 Å². The Bertz CT molecular complexity index is 488. The van der Waals surface area contributed by atoms with Gasteiger partial charge < -0.3 is 10.2 Å². The molecule has 4 nitrogen and oxygen atoms in total. The minimum atomic E-state index is -0.485. The third-order valence-electron chi connectivity index (χ3n) is 3.45. The lowest BCUT2D eigenvalue weighted by molar-refractivity contribution is -0.140. The molecule has 0 bridgehead atoms. The Morgan fingerprint density at radius 3 is 2.36 bits per heavy atom. The quantitative estimate of drug-likeness (QED) is 0.797. The Hall–Kier alpha value is -1.55. The van der Waals surface area contributed by atoms with Crippen LogP contribution in [0.25, 0.3) is 0 Å². The van der Waals surface area contributed by atoms with Crippen LogP contribution < -0.4 is 5.32 Å². The van der Waals surface area contributed by atoms with Gasteiger partial charge in [-0.1, -0.05) is 37.6 Å².